The van der Waals surface area contributed by atoms with Gasteiger partial charge in [-0.3, -0.25) is 4.98 Å². The van der Waals surface area contributed by atoms with Crippen molar-refractivity contribution in [1.82, 2.24) is 15.0 Å². The van der Waals surface area contributed by atoms with E-state index in [0.717, 1.165) is 39.3 Å². The Morgan fingerprint density at radius 2 is 1.07 bits per heavy atom. The minimum absolute atomic E-state index is 0.684. The molecule has 2 heterocycles. The maximum atomic E-state index is 5.23. The average molecular weight is 510 g/mol. The Labute approximate surface area is 231 Å². The Morgan fingerprint density at radius 3 is 1.88 bits per heavy atom. The van der Waals surface area contributed by atoms with E-state index in [4.69, 9.17) is 9.97 Å². The number of aromatic nitrogens is 3. The van der Waals surface area contributed by atoms with E-state index in [9.17, 15) is 0 Å². The molecule has 0 aliphatic carbocycles. The lowest BCUT2D eigenvalue weighted by molar-refractivity contribution is 1.18. The van der Waals surface area contributed by atoms with E-state index in [1.807, 2.05) is 42.6 Å². The highest BCUT2D eigenvalue weighted by atomic mass is 14.9. The van der Waals surface area contributed by atoms with E-state index >= 15 is 0 Å². The minimum Gasteiger partial charge on any atom is -0.256 e. The topological polar surface area (TPSA) is 38.7 Å². The van der Waals surface area contributed by atoms with E-state index in [0.29, 0.717) is 5.82 Å². The largest absolute Gasteiger partial charge is 0.256 e. The van der Waals surface area contributed by atoms with Crippen LogP contribution in [0.25, 0.3) is 77.5 Å². The van der Waals surface area contributed by atoms with Crippen LogP contribution in [0, 0.1) is 0 Å². The molecule has 0 N–H and O–H groups in total. The summed E-state index contributed by atoms with van der Waals surface area (Å²) in [6.07, 6.45) is 1.82. The average Bonchev–Trinajstić information content (AvgIpc) is 3.04. The van der Waals surface area contributed by atoms with Crippen LogP contribution < -0.4 is 0 Å². The lowest BCUT2D eigenvalue weighted by Crippen LogP contribution is -1.98. The Bertz CT molecular complexity index is 2140. The highest BCUT2D eigenvalue weighted by Crippen LogP contribution is 2.40. The normalized spacial score (nSPS) is 11.5. The Balaban J connectivity index is 1.42. The van der Waals surface area contributed by atoms with Gasteiger partial charge in [0.15, 0.2) is 5.82 Å². The summed E-state index contributed by atoms with van der Waals surface area (Å²) in [5.74, 6) is 0.684. The van der Waals surface area contributed by atoms with Gasteiger partial charge in [-0.25, -0.2) is 9.97 Å². The van der Waals surface area contributed by atoms with Gasteiger partial charge in [0.05, 0.1) is 17.1 Å². The van der Waals surface area contributed by atoms with Crippen molar-refractivity contribution in [2.24, 2.45) is 0 Å². The van der Waals surface area contributed by atoms with Crippen LogP contribution >= 0.6 is 0 Å². The third-order valence-electron chi connectivity index (χ3n) is 7.71. The number of benzene rings is 6. The van der Waals surface area contributed by atoms with Crippen molar-refractivity contribution in [3.8, 4) is 45.2 Å². The molecule has 8 aromatic rings. The lowest BCUT2D eigenvalue weighted by atomic mass is 9.91. The molecule has 0 amide bonds. The molecule has 0 aliphatic heterocycles. The molecule has 0 spiro atoms. The molecule has 0 saturated heterocycles. The lowest BCUT2D eigenvalue weighted by Gasteiger charge is -2.15. The molecular formula is C37H23N3. The Morgan fingerprint density at radius 1 is 0.400 bits per heavy atom. The monoisotopic (exact) mass is 509 g/mol. The van der Waals surface area contributed by atoms with Gasteiger partial charge < -0.3 is 0 Å². The van der Waals surface area contributed by atoms with Crippen LogP contribution in [0.2, 0.25) is 0 Å². The first-order valence-corrected chi connectivity index (χ1v) is 13.5. The molecule has 0 bridgehead atoms. The van der Waals surface area contributed by atoms with Gasteiger partial charge in [0.25, 0.3) is 0 Å². The van der Waals surface area contributed by atoms with E-state index in [1.165, 1.54) is 32.3 Å². The smallest absolute Gasteiger partial charge is 0.161 e. The molecule has 8 rings (SSSR count). The first kappa shape index (κ1) is 22.6. The first-order chi connectivity index (χ1) is 19.8. The van der Waals surface area contributed by atoms with Crippen LogP contribution in [0.15, 0.2) is 140 Å². The summed E-state index contributed by atoms with van der Waals surface area (Å²) in [6.45, 7) is 0. The van der Waals surface area contributed by atoms with E-state index in [1.54, 1.807) is 0 Å². The summed E-state index contributed by atoms with van der Waals surface area (Å²) < 4.78 is 0. The fourth-order valence-corrected chi connectivity index (χ4v) is 5.84. The number of hydrogen-bond donors (Lipinski definition) is 0. The van der Waals surface area contributed by atoms with Crippen LogP contribution in [-0.4, -0.2) is 15.0 Å². The highest BCUT2D eigenvalue weighted by molar-refractivity contribution is 6.25. The Kier molecular flexibility index (Phi) is 5.14. The minimum atomic E-state index is 0.684. The zero-order valence-corrected chi connectivity index (χ0v) is 21.6. The molecule has 3 nitrogen and oxygen atoms in total. The fourth-order valence-electron chi connectivity index (χ4n) is 5.84. The molecule has 40 heavy (non-hydrogen) atoms. The quantitative estimate of drug-likeness (QED) is 0.222. The summed E-state index contributed by atoms with van der Waals surface area (Å²) in [7, 11) is 0. The van der Waals surface area contributed by atoms with Gasteiger partial charge in [-0.1, -0.05) is 115 Å². The molecule has 0 saturated carbocycles. The van der Waals surface area contributed by atoms with Gasteiger partial charge in [0.2, 0.25) is 0 Å². The van der Waals surface area contributed by atoms with E-state index < -0.39 is 0 Å². The summed E-state index contributed by atoms with van der Waals surface area (Å²) in [5, 5.41) is 7.53. The summed E-state index contributed by atoms with van der Waals surface area (Å²) in [4.78, 5) is 15.0. The molecule has 0 radical (unpaired) electrons. The maximum Gasteiger partial charge on any atom is 0.161 e. The summed E-state index contributed by atoms with van der Waals surface area (Å²) >= 11 is 0. The number of rotatable bonds is 4. The van der Waals surface area contributed by atoms with Crippen LogP contribution in [0.4, 0.5) is 0 Å². The van der Waals surface area contributed by atoms with Gasteiger partial charge in [0.1, 0.15) is 0 Å². The van der Waals surface area contributed by atoms with Crippen molar-refractivity contribution in [3.05, 3.63) is 140 Å². The third kappa shape index (κ3) is 3.63. The molecule has 0 fully saturated rings. The van der Waals surface area contributed by atoms with Crippen molar-refractivity contribution in [1.29, 1.82) is 0 Å². The fraction of sp³-hybridized carbons (Fsp3) is 0. The highest BCUT2D eigenvalue weighted by Gasteiger charge is 2.17. The van der Waals surface area contributed by atoms with Gasteiger partial charge in [-0.2, -0.15) is 0 Å². The van der Waals surface area contributed by atoms with E-state index in [-0.39, 0.29) is 0 Å². The number of hydrogen-bond acceptors (Lipinski definition) is 3. The maximum absolute atomic E-state index is 5.23. The second kappa shape index (κ2) is 9.11. The molecule has 6 aromatic carbocycles. The van der Waals surface area contributed by atoms with Crippen molar-refractivity contribution >= 4 is 32.3 Å². The molecule has 186 valence electrons. The molecule has 0 aliphatic rings. The van der Waals surface area contributed by atoms with Crippen LogP contribution in [0.3, 0.4) is 0 Å². The first-order valence-electron chi connectivity index (χ1n) is 13.5. The van der Waals surface area contributed by atoms with Gasteiger partial charge in [-0.05, 0) is 50.5 Å². The predicted molar refractivity (Wildman–Crippen MR) is 165 cm³/mol. The summed E-state index contributed by atoms with van der Waals surface area (Å²) in [6, 6.07) is 46.5. The molecule has 0 atom stereocenters. The third-order valence-corrected chi connectivity index (χ3v) is 7.71. The van der Waals surface area contributed by atoms with Gasteiger partial charge in [0, 0.05) is 28.5 Å². The van der Waals surface area contributed by atoms with Crippen LogP contribution in [-0.2, 0) is 0 Å². The van der Waals surface area contributed by atoms with Crippen molar-refractivity contribution < 1.29 is 0 Å². The van der Waals surface area contributed by atoms with Crippen molar-refractivity contribution in [3.63, 3.8) is 0 Å². The summed E-state index contributed by atoms with van der Waals surface area (Å²) in [5.41, 5.74) is 6.81. The Hall–Kier alpha value is -5.41. The van der Waals surface area contributed by atoms with Crippen LogP contribution in [0.1, 0.15) is 0 Å². The SMILES string of the molecule is c1ccc(-c2cc(-c3ccc4ccc5cccc6ccc3c4c56)nc(-c3ccccc3-c3ccccn3)n2)cc1. The zero-order valence-electron chi connectivity index (χ0n) is 21.6. The molecular weight excluding hydrogens is 486 g/mol. The number of pyridine rings is 1. The zero-order chi connectivity index (χ0) is 26.5. The van der Waals surface area contributed by atoms with Gasteiger partial charge in [-0.15, -0.1) is 0 Å². The molecule has 2 aromatic heterocycles. The second-order valence-electron chi connectivity index (χ2n) is 10.1. The molecule has 3 heteroatoms. The number of nitrogens with zero attached hydrogens (tertiary/aromatic N) is 3. The van der Waals surface area contributed by atoms with Crippen molar-refractivity contribution in [2.75, 3.05) is 0 Å². The molecule has 0 unspecified atom stereocenters. The van der Waals surface area contributed by atoms with Crippen molar-refractivity contribution in [2.45, 2.75) is 0 Å². The standard InChI is InChI=1S/C37H23N3/c1-2-9-24(10-3-1)33-23-34(40-37(39-33)31-14-5-4-13-28(31)32-15-6-7-22-38-32)29-20-18-27-17-16-25-11-8-12-26-19-21-30(29)36(27)35(25)26/h1-23H. The van der Waals surface area contributed by atoms with E-state index in [2.05, 4.69) is 102 Å². The van der Waals surface area contributed by atoms with Gasteiger partial charge >= 0.3 is 0 Å². The van der Waals surface area contributed by atoms with Crippen LogP contribution in [0.5, 0.6) is 0 Å². The predicted octanol–water partition coefficient (Wildman–Crippen LogP) is 9.44. The second-order valence-corrected chi connectivity index (χ2v) is 10.1.